The molecular weight excluding hydrogens is 184 g/mol. The number of benzene rings is 1. The highest BCUT2D eigenvalue weighted by atomic mass is 32.2. The van der Waals surface area contributed by atoms with Gasteiger partial charge in [0.05, 0.1) is 0 Å². The fourth-order valence-corrected chi connectivity index (χ4v) is 1.80. The van der Waals surface area contributed by atoms with Crippen molar-refractivity contribution in [2.24, 2.45) is 0 Å². The zero-order valence-electron chi connectivity index (χ0n) is 7.65. The number of hydrogen-bond acceptors (Lipinski definition) is 2. The lowest BCUT2D eigenvalue weighted by atomic mass is 10.2. The molecular formula is C10H12O2S. The van der Waals surface area contributed by atoms with Crippen molar-refractivity contribution in [3.05, 3.63) is 30.3 Å². The summed E-state index contributed by atoms with van der Waals surface area (Å²) in [6, 6.07) is 9.54. The fourth-order valence-electron chi connectivity index (χ4n) is 0.827. The van der Waals surface area contributed by atoms with Gasteiger partial charge in [-0.2, -0.15) is 0 Å². The Hall–Kier alpha value is -0.960. The first-order valence-electron chi connectivity index (χ1n) is 4.00. The SMILES string of the molecule is CC(C)(Sc1ccccc1)C(=O)O. The summed E-state index contributed by atoms with van der Waals surface area (Å²) in [6.07, 6.45) is 0. The molecule has 0 saturated carbocycles. The van der Waals surface area contributed by atoms with Gasteiger partial charge >= 0.3 is 5.97 Å². The number of rotatable bonds is 3. The number of carboxylic acid groups (broad SMARTS) is 1. The van der Waals surface area contributed by atoms with Crippen molar-refractivity contribution in [1.82, 2.24) is 0 Å². The lowest BCUT2D eigenvalue weighted by molar-refractivity contribution is -0.138. The fraction of sp³-hybridized carbons (Fsp3) is 0.300. The van der Waals surface area contributed by atoms with Crippen LogP contribution in [-0.2, 0) is 4.79 Å². The third kappa shape index (κ3) is 2.77. The molecule has 0 radical (unpaired) electrons. The first kappa shape index (κ1) is 10.1. The van der Waals surface area contributed by atoms with E-state index >= 15 is 0 Å². The van der Waals surface area contributed by atoms with Gasteiger partial charge in [-0.3, -0.25) is 4.79 Å². The maximum Gasteiger partial charge on any atom is 0.319 e. The summed E-state index contributed by atoms with van der Waals surface area (Å²) in [4.78, 5) is 11.8. The molecule has 3 heteroatoms. The van der Waals surface area contributed by atoms with Crippen LogP contribution in [0.1, 0.15) is 13.8 Å². The molecule has 0 amide bonds. The number of hydrogen-bond donors (Lipinski definition) is 1. The molecule has 0 bridgehead atoms. The predicted octanol–water partition coefficient (Wildman–Crippen LogP) is 2.64. The van der Waals surface area contributed by atoms with Gasteiger partial charge in [0.15, 0.2) is 0 Å². The van der Waals surface area contributed by atoms with E-state index in [9.17, 15) is 4.79 Å². The summed E-state index contributed by atoms with van der Waals surface area (Å²) in [5.41, 5.74) is 0. The third-order valence-corrected chi connectivity index (χ3v) is 2.82. The van der Waals surface area contributed by atoms with Gasteiger partial charge in [0, 0.05) is 4.90 Å². The van der Waals surface area contributed by atoms with Crippen LogP contribution in [0.25, 0.3) is 0 Å². The largest absolute Gasteiger partial charge is 0.480 e. The molecule has 0 unspecified atom stereocenters. The van der Waals surface area contributed by atoms with E-state index in [1.165, 1.54) is 11.8 Å². The average molecular weight is 196 g/mol. The molecule has 0 saturated heterocycles. The van der Waals surface area contributed by atoms with E-state index < -0.39 is 10.7 Å². The zero-order valence-corrected chi connectivity index (χ0v) is 8.47. The Morgan fingerprint density at radius 3 is 2.31 bits per heavy atom. The van der Waals surface area contributed by atoms with Crippen LogP contribution in [0.2, 0.25) is 0 Å². The van der Waals surface area contributed by atoms with E-state index in [1.807, 2.05) is 30.3 Å². The number of aliphatic carboxylic acids is 1. The molecule has 0 aromatic heterocycles. The van der Waals surface area contributed by atoms with Gasteiger partial charge in [0.25, 0.3) is 0 Å². The smallest absolute Gasteiger partial charge is 0.319 e. The van der Waals surface area contributed by atoms with Crippen LogP contribution in [0.3, 0.4) is 0 Å². The van der Waals surface area contributed by atoms with Gasteiger partial charge in [-0.15, -0.1) is 11.8 Å². The van der Waals surface area contributed by atoms with Crippen LogP contribution in [0.15, 0.2) is 35.2 Å². The second kappa shape index (κ2) is 3.83. The van der Waals surface area contributed by atoms with Crippen molar-refractivity contribution < 1.29 is 9.90 Å². The van der Waals surface area contributed by atoms with Crippen molar-refractivity contribution in [2.75, 3.05) is 0 Å². The molecule has 13 heavy (non-hydrogen) atoms. The zero-order chi connectivity index (χ0) is 9.90. The van der Waals surface area contributed by atoms with Crippen molar-refractivity contribution in [3.8, 4) is 0 Å². The Morgan fingerprint density at radius 2 is 1.85 bits per heavy atom. The molecule has 1 aromatic rings. The third-order valence-electron chi connectivity index (χ3n) is 1.63. The molecule has 1 N–H and O–H groups in total. The van der Waals surface area contributed by atoms with E-state index in [0.29, 0.717) is 0 Å². The Bertz CT molecular complexity index is 293. The van der Waals surface area contributed by atoms with Gasteiger partial charge < -0.3 is 5.11 Å². The summed E-state index contributed by atoms with van der Waals surface area (Å²) in [5.74, 6) is -0.790. The standard InChI is InChI=1S/C10H12O2S/c1-10(2,9(11)12)13-8-6-4-3-5-7-8/h3-7H,1-2H3,(H,11,12). The van der Waals surface area contributed by atoms with Crippen LogP contribution in [-0.4, -0.2) is 15.8 Å². The second-order valence-corrected chi connectivity index (χ2v) is 4.93. The van der Waals surface area contributed by atoms with Crippen LogP contribution in [0.5, 0.6) is 0 Å². The Morgan fingerprint density at radius 1 is 1.31 bits per heavy atom. The van der Waals surface area contributed by atoms with Crippen molar-refractivity contribution in [1.29, 1.82) is 0 Å². The molecule has 0 aliphatic carbocycles. The highest BCUT2D eigenvalue weighted by Crippen LogP contribution is 2.32. The van der Waals surface area contributed by atoms with Gasteiger partial charge in [0.1, 0.15) is 4.75 Å². The molecule has 0 aliphatic rings. The van der Waals surface area contributed by atoms with Gasteiger partial charge in [-0.05, 0) is 26.0 Å². The first-order chi connectivity index (χ1) is 6.02. The van der Waals surface area contributed by atoms with Crippen LogP contribution < -0.4 is 0 Å². The normalized spacial score (nSPS) is 11.2. The molecule has 1 rings (SSSR count). The number of carboxylic acids is 1. The lowest BCUT2D eigenvalue weighted by Crippen LogP contribution is -2.26. The average Bonchev–Trinajstić information content (AvgIpc) is 2.05. The lowest BCUT2D eigenvalue weighted by Gasteiger charge is -2.17. The number of carbonyl (C=O) groups is 1. The van der Waals surface area contributed by atoms with E-state index in [1.54, 1.807) is 13.8 Å². The highest BCUT2D eigenvalue weighted by Gasteiger charge is 2.28. The van der Waals surface area contributed by atoms with E-state index in [0.717, 1.165) is 4.90 Å². The Labute approximate surface area is 82.0 Å². The van der Waals surface area contributed by atoms with Gasteiger partial charge in [-0.25, -0.2) is 0 Å². The topological polar surface area (TPSA) is 37.3 Å². The van der Waals surface area contributed by atoms with E-state index in [2.05, 4.69) is 0 Å². The van der Waals surface area contributed by atoms with Crippen LogP contribution >= 0.6 is 11.8 Å². The minimum atomic E-state index is -0.790. The van der Waals surface area contributed by atoms with Crippen molar-refractivity contribution >= 4 is 17.7 Å². The Kier molecular flexibility index (Phi) is 2.98. The highest BCUT2D eigenvalue weighted by molar-refractivity contribution is 8.01. The molecule has 0 fully saturated rings. The summed E-state index contributed by atoms with van der Waals surface area (Å²) < 4.78 is -0.763. The Balaban J connectivity index is 2.75. The summed E-state index contributed by atoms with van der Waals surface area (Å²) in [7, 11) is 0. The minimum Gasteiger partial charge on any atom is -0.480 e. The molecule has 1 aromatic carbocycles. The van der Waals surface area contributed by atoms with E-state index in [4.69, 9.17) is 5.11 Å². The molecule has 70 valence electrons. The van der Waals surface area contributed by atoms with Gasteiger partial charge in [0.2, 0.25) is 0 Å². The van der Waals surface area contributed by atoms with Gasteiger partial charge in [-0.1, -0.05) is 18.2 Å². The first-order valence-corrected chi connectivity index (χ1v) is 4.81. The maximum atomic E-state index is 10.8. The van der Waals surface area contributed by atoms with Crippen molar-refractivity contribution in [2.45, 2.75) is 23.5 Å². The molecule has 0 heterocycles. The predicted molar refractivity (Wildman–Crippen MR) is 54.0 cm³/mol. The molecule has 0 aliphatic heterocycles. The van der Waals surface area contributed by atoms with Crippen molar-refractivity contribution in [3.63, 3.8) is 0 Å². The molecule has 2 nitrogen and oxygen atoms in total. The molecule has 0 spiro atoms. The summed E-state index contributed by atoms with van der Waals surface area (Å²) in [6.45, 7) is 3.40. The number of thioether (sulfide) groups is 1. The van der Waals surface area contributed by atoms with Crippen LogP contribution in [0, 0.1) is 0 Å². The van der Waals surface area contributed by atoms with E-state index in [-0.39, 0.29) is 0 Å². The molecule has 0 atom stereocenters. The minimum absolute atomic E-state index is 0.763. The summed E-state index contributed by atoms with van der Waals surface area (Å²) in [5, 5.41) is 8.88. The second-order valence-electron chi connectivity index (χ2n) is 3.23. The summed E-state index contributed by atoms with van der Waals surface area (Å²) >= 11 is 1.35. The maximum absolute atomic E-state index is 10.8. The van der Waals surface area contributed by atoms with Crippen LogP contribution in [0.4, 0.5) is 0 Å². The quantitative estimate of drug-likeness (QED) is 0.755. The monoisotopic (exact) mass is 196 g/mol.